The summed E-state index contributed by atoms with van der Waals surface area (Å²) in [5, 5.41) is 9.55. The zero-order chi connectivity index (χ0) is 8.91. The minimum atomic E-state index is -1.27. The van der Waals surface area contributed by atoms with Crippen molar-refractivity contribution in [1.82, 2.24) is 0 Å². The number of rotatable bonds is 5. The Kier molecular flexibility index (Phi) is 4.11. The summed E-state index contributed by atoms with van der Waals surface area (Å²) in [5.74, 6) is -0.603. The molecule has 3 heteroatoms. The fourth-order valence-electron chi connectivity index (χ4n) is 0.943. The van der Waals surface area contributed by atoms with Gasteiger partial charge in [-0.1, -0.05) is 26.7 Å². The summed E-state index contributed by atoms with van der Waals surface area (Å²) >= 11 is 0. The Bertz CT molecular complexity index is 136. The van der Waals surface area contributed by atoms with Gasteiger partial charge in [-0.2, -0.15) is 0 Å². The van der Waals surface area contributed by atoms with E-state index in [0.29, 0.717) is 12.8 Å². The number of unbranched alkanes of at least 4 members (excludes halogenated alkanes) is 1. The molecule has 1 unspecified atom stereocenters. The molecule has 0 heterocycles. The first-order valence-electron chi connectivity index (χ1n) is 4.09. The number of primary amides is 1. The average Bonchev–Trinajstić information content (AvgIpc) is 2.00. The van der Waals surface area contributed by atoms with Gasteiger partial charge in [0.25, 0.3) is 0 Å². The van der Waals surface area contributed by atoms with E-state index in [9.17, 15) is 9.90 Å². The molecular weight excluding hydrogens is 142 g/mol. The lowest BCUT2D eigenvalue weighted by Crippen LogP contribution is -2.43. The van der Waals surface area contributed by atoms with Gasteiger partial charge in [0.05, 0.1) is 0 Å². The Balaban J connectivity index is 3.99. The van der Waals surface area contributed by atoms with Crippen LogP contribution in [-0.4, -0.2) is 16.6 Å². The highest BCUT2D eigenvalue weighted by molar-refractivity contribution is 5.82. The number of amides is 1. The van der Waals surface area contributed by atoms with Crippen molar-refractivity contribution in [2.24, 2.45) is 5.73 Å². The minimum absolute atomic E-state index is 0.405. The molecule has 0 radical (unpaired) electrons. The molecule has 0 aliphatic carbocycles. The highest BCUT2D eigenvalue weighted by atomic mass is 16.3. The molecule has 0 bridgehead atoms. The van der Waals surface area contributed by atoms with Crippen molar-refractivity contribution in [3.05, 3.63) is 0 Å². The predicted octanol–water partition coefficient (Wildman–Crippen LogP) is 0.803. The highest BCUT2D eigenvalue weighted by Crippen LogP contribution is 2.17. The standard InChI is InChI=1S/C8H17NO2/c1-3-5-6-8(11,4-2)7(9)10/h11H,3-6H2,1-2H3,(H2,9,10). The maximum atomic E-state index is 10.7. The zero-order valence-electron chi connectivity index (χ0n) is 7.26. The fourth-order valence-corrected chi connectivity index (χ4v) is 0.943. The van der Waals surface area contributed by atoms with Crippen LogP contribution < -0.4 is 5.73 Å². The van der Waals surface area contributed by atoms with Crippen molar-refractivity contribution in [3.63, 3.8) is 0 Å². The molecule has 0 aliphatic rings. The highest BCUT2D eigenvalue weighted by Gasteiger charge is 2.30. The summed E-state index contributed by atoms with van der Waals surface area (Å²) in [7, 11) is 0. The Labute approximate surface area is 67.6 Å². The first kappa shape index (κ1) is 10.4. The molecule has 0 aromatic carbocycles. The van der Waals surface area contributed by atoms with Crippen LogP contribution in [-0.2, 0) is 4.79 Å². The Morgan fingerprint density at radius 3 is 2.36 bits per heavy atom. The van der Waals surface area contributed by atoms with E-state index in [2.05, 4.69) is 0 Å². The second-order valence-electron chi connectivity index (χ2n) is 2.85. The molecule has 0 aromatic heterocycles. The zero-order valence-corrected chi connectivity index (χ0v) is 7.26. The van der Waals surface area contributed by atoms with Crippen LogP contribution in [0, 0.1) is 0 Å². The quantitative estimate of drug-likeness (QED) is 0.623. The average molecular weight is 159 g/mol. The first-order valence-corrected chi connectivity index (χ1v) is 4.09. The summed E-state index contributed by atoms with van der Waals surface area (Å²) in [6.45, 7) is 3.78. The van der Waals surface area contributed by atoms with E-state index in [1.54, 1.807) is 6.92 Å². The van der Waals surface area contributed by atoms with E-state index in [4.69, 9.17) is 5.73 Å². The molecule has 3 N–H and O–H groups in total. The fraction of sp³-hybridized carbons (Fsp3) is 0.875. The van der Waals surface area contributed by atoms with Gasteiger partial charge >= 0.3 is 0 Å². The molecule has 0 saturated carbocycles. The third-order valence-electron chi connectivity index (χ3n) is 1.99. The summed E-state index contributed by atoms with van der Waals surface area (Å²) in [4.78, 5) is 10.7. The lowest BCUT2D eigenvalue weighted by molar-refractivity contribution is -0.137. The number of hydrogen-bond acceptors (Lipinski definition) is 2. The Morgan fingerprint density at radius 1 is 1.55 bits per heavy atom. The van der Waals surface area contributed by atoms with Crippen LogP contribution in [0.3, 0.4) is 0 Å². The van der Waals surface area contributed by atoms with Crippen molar-refractivity contribution in [1.29, 1.82) is 0 Å². The molecule has 3 nitrogen and oxygen atoms in total. The van der Waals surface area contributed by atoms with Crippen LogP contribution in [0.15, 0.2) is 0 Å². The van der Waals surface area contributed by atoms with Gasteiger partial charge in [0.2, 0.25) is 5.91 Å². The molecule has 1 amide bonds. The topological polar surface area (TPSA) is 63.3 Å². The molecule has 0 spiro atoms. The van der Waals surface area contributed by atoms with Crippen LogP contribution in [0.2, 0.25) is 0 Å². The molecule has 0 saturated heterocycles. The van der Waals surface area contributed by atoms with Gasteiger partial charge < -0.3 is 10.8 Å². The second kappa shape index (κ2) is 4.34. The van der Waals surface area contributed by atoms with Crippen LogP contribution in [0.25, 0.3) is 0 Å². The maximum Gasteiger partial charge on any atom is 0.249 e. The van der Waals surface area contributed by atoms with Crippen molar-refractivity contribution in [2.45, 2.75) is 45.1 Å². The molecular formula is C8H17NO2. The first-order chi connectivity index (χ1) is 5.06. The molecule has 66 valence electrons. The van der Waals surface area contributed by atoms with E-state index < -0.39 is 11.5 Å². The summed E-state index contributed by atoms with van der Waals surface area (Å²) in [6, 6.07) is 0. The summed E-state index contributed by atoms with van der Waals surface area (Å²) in [5.41, 5.74) is 3.77. The van der Waals surface area contributed by atoms with Crippen LogP contribution in [0.4, 0.5) is 0 Å². The number of carbonyl (C=O) groups excluding carboxylic acids is 1. The molecule has 0 aliphatic heterocycles. The molecule has 1 atom stereocenters. The van der Waals surface area contributed by atoms with Crippen LogP contribution in [0.5, 0.6) is 0 Å². The largest absolute Gasteiger partial charge is 0.380 e. The third-order valence-corrected chi connectivity index (χ3v) is 1.99. The van der Waals surface area contributed by atoms with Gasteiger partial charge in [-0.05, 0) is 12.8 Å². The van der Waals surface area contributed by atoms with Gasteiger partial charge in [-0.25, -0.2) is 0 Å². The number of hydrogen-bond donors (Lipinski definition) is 2. The maximum absolute atomic E-state index is 10.7. The van der Waals surface area contributed by atoms with Crippen molar-refractivity contribution in [2.75, 3.05) is 0 Å². The van der Waals surface area contributed by atoms with E-state index in [0.717, 1.165) is 12.8 Å². The van der Waals surface area contributed by atoms with Crippen molar-refractivity contribution >= 4 is 5.91 Å². The van der Waals surface area contributed by atoms with Crippen molar-refractivity contribution < 1.29 is 9.90 Å². The number of nitrogens with two attached hydrogens (primary N) is 1. The van der Waals surface area contributed by atoms with Crippen molar-refractivity contribution in [3.8, 4) is 0 Å². The molecule has 0 fully saturated rings. The summed E-state index contributed by atoms with van der Waals surface area (Å²) < 4.78 is 0. The van der Waals surface area contributed by atoms with E-state index in [1.165, 1.54) is 0 Å². The minimum Gasteiger partial charge on any atom is -0.380 e. The molecule has 0 rings (SSSR count). The smallest absolute Gasteiger partial charge is 0.249 e. The second-order valence-corrected chi connectivity index (χ2v) is 2.85. The van der Waals surface area contributed by atoms with Gasteiger partial charge in [-0.15, -0.1) is 0 Å². The van der Waals surface area contributed by atoms with E-state index in [-0.39, 0.29) is 0 Å². The lowest BCUT2D eigenvalue weighted by atomic mass is 9.93. The number of aliphatic hydroxyl groups is 1. The Morgan fingerprint density at radius 2 is 2.09 bits per heavy atom. The monoisotopic (exact) mass is 159 g/mol. The van der Waals surface area contributed by atoms with Gasteiger partial charge in [0.15, 0.2) is 0 Å². The van der Waals surface area contributed by atoms with Crippen LogP contribution in [0.1, 0.15) is 39.5 Å². The lowest BCUT2D eigenvalue weighted by Gasteiger charge is -2.22. The van der Waals surface area contributed by atoms with Gasteiger partial charge in [0, 0.05) is 0 Å². The normalized spacial score (nSPS) is 15.9. The molecule has 0 aromatic rings. The predicted molar refractivity (Wildman–Crippen MR) is 44.0 cm³/mol. The van der Waals surface area contributed by atoms with E-state index >= 15 is 0 Å². The Hall–Kier alpha value is -0.570. The van der Waals surface area contributed by atoms with E-state index in [1.807, 2.05) is 6.92 Å². The molecule has 11 heavy (non-hydrogen) atoms. The van der Waals surface area contributed by atoms with Crippen LogP contribution >= 0.6 is 0 Å². The van der Waals surface area contributed by atoms with Gasteiger partial charge in [0.1, 0.15) is 5.60 Å². The third kappa shape index (κ3) is 2.89. The van der Waals surface area contributed by atoms with Gasteiger partial charge in [-0.3, -0.25) is 4.79 Å². The SMILES string of the molecule is CCCCC(O)(CC)C(N)=O. The number of carbonyl (C=O) groups is 1. The summed E-state index contributed by atoms with van der Waals surface area (Å²) in [6.07, 6.45) is 2.69.